The van der Waals surface area contributed by atoms with Crippen LogP contribution in [0, 0.1) is 5.92 Å². The van der Waals surface area contributed by atoms with Crippen LogP contribution in [0.15, 0.2) is 52.9 Å². The molecule has 0 fully saturated rings. The van der Waals surface area contributed by atoms with Gasteiger partial charge in [-0.15, -0.1) is 12.4 Å². The Labute approximate surface area is 185 Å². The van der Waals surface area contributed by atoms with Crippen LogP contribution in [-0.2, 0) is 20.7 Å². The Balaban J connectivity index is 0.00000450. The van der Waals surface area contributed by atoms with Gasteiger partial charge in [-0.3, -0.25) is 0 Å². The molecule has 0 spiro atoms. The third-order valence-electron chi connectivity index (χ3n) is 5.31. The lowest BCUT2D eigenvalue weighted by Crippen LogP contribution is -2.38. The molecule has 1 aliphatic heterocycles. The van der Waals surface area contributed by atoms with Crippen LogP contribution in [0.5, 0.6) is 0 Å². The fourth-order valence-corrected chi connectivity index (χ4v) is 3.74. The number of benzene rings is 1. The predicted octanol–water partition coefficient (Wildman–Crippen LogP) is 3.82. The second-order valence-corrected chi connectivity index (χ2v) is 7.66. The van der Waals surface area contributed by atoms with E-state index in [0.29, 0.717) is 29.9 Å². The van der Waals surface area contributed by atoms with Crippen molar-refractivity contribution in [3.63, 3.8) is 0 Å². The second kappa shape index (κ2) is 11.8. The van der Waals surface area contributed by atoms with E-state index < -0.39 is 17.9 Å². The van der Waals surface area contributed by atoms with Crippen molar-refractivity contribution in [1.29, 1.82) is 0 Å². The molecule has 0 bridgehead atoms. The number of carbonyl (C=O) groups is 2. The summed E-state index contributed by atoms with van der Waals surface area (Å²) in [5, 5.41) is 15.9. The zero-order chi connectivity index (χ0) is 21.6. The minimum atomic E-state index is -1.02. The summed E-state index contributed by atoms with van der Waals surface area (Å²) in [5.74, 6) is -2.01. The Hall–Kier alpha value is -2.31. The Morgan fingerprint density at radius 2 is 1.77 bits per heavy atom. The zero-order valence-electron chi connectivity index (χ0n) is 18.3. The van der Waals surface area contributed by atoms with Crippen molar-refractivity contribution in [2.75, 3.05) is 6.54 Å². The summed E-state index contributed by atoms with van der Waals surface area (Å²) in [6.45, 7) is 9.83. The van der Waals surface area contributed by atoms with Crippen molar-refractivity contribution in [1.82, 2.24) is 10.6 Å². The number of rotatable bonds is 9. The largest absolute Gasteiger partial charge is 0.478 e. The van der Waals surface area contributed by atoms with Crippen molar-refractivity contribution in [2.45, 2.75) is 59.6 Å². The van der Waals surface area contributed by atoms with Gasteiger partial charge in [0.05, 0.1) is 11.1 Å². The summed E-state index contributed by atoms with van der Waals surface area (Å²) < 4.78 is 5.73. The van der Waals surface area contributed by atoms with Crippen LogP contribution in [-0.4, -0.2) is 35.7 Å². The molecule has 1 aliphatic rings. The molecule has 0 saturated heterocycles. The first-order valence-electron chi connectivity index (χ1n) is 10.1. The first kappa shape index (κ1) is 25.7. The average Bonchev–Trinajstić information content (AvgIpc) is 2.65. The number of carbonyl (C=O) groups excluding carboxylic acids is 1. The molecular weight excluding hydrogens is 404 g/mol. The fraction of sp³-hybridized carbons (Fsp3) is 0.478. The van der Waals surface area contributed by atoms with Gasteiger partial charge in [-0.05, 0) is 39.2 Å². The molecule has 0 aromatic heterocycles. The molecule has 1 aromatic rings. The van der Waals surface area contributed by atoms with E-state index >= 15 is 0 Å². The number of carboxylic acid groups (broad SMARTS) is 1. The number of esters is 1. The van der Waals surface area contributed by atoms with E-state index in [4.69, 9.17) is 4.74 Å². The van der Waals surface area contributed by atoms with E-state index in [1.807, 2.05) is 25.1 Å². The number of ether oxygens (including phenoxy) is 1. The van der Waals surface area contributed by atoms with Crippen molar-refractivity contribution in [2.24, 2.45) is 5.92 Å². The summed E-state index contributed by atoms with van der Waals surface area (Å²) in [5.41, 5.74) is 3.03. The molecule has 7 heteroatoms. The van der Waals surface area contributed by atoms with Crippen molar-refractivity contribution >= 4 is 24.3 Å². The molecule has 2 rings (SSSR count). The van der Waals surface area contributed by atoms with Crippen molar-refractivity contribution < 1.29 is 19.4 Å². The maximum Gasteiger partial charge on any atom is 0.336 e. The summed E-state index contributed by atoms with van der Waals surface area (Å²) in [6, 6.07) is 10.5. The molecule has 0 amide bonds. The smallest absolute Gasteiger partial charge is 0.336 e. The number of allylic oxidation sites excluding steroid dienone is 2. The molecule has 1 aromatic carbocycles. The van der Waals surface area contributed by atoms with E-state index in [9.17, 15) is 14.7 Å². The fourth-order valence-electron chi connectivity index (χ4n) is 3.74. The van der Waals surface area contributed by atoms with E-state index in [2.05, 4.69) is 29.7 Å². The highest BCUT2D eigenvalue weighted by molar-refractivity contribution is 5.97. The van der Waals surface area contributed by atoms with E-state index in [1.54, 1.807) is 20.8 Å². The van der Waals surface area contributed by atoms with Crippen LogP contribution in [0.1, 0.15) is 46.6 Å². The Morgan fingerprint density at radius 3 is 2.33 bits per heavy atom. The van der Waals surface area contributed by atoms with E-state index in [0.717, 1.165) is 6.42 Å². The third kappa shape index (κ3) is 6.61. The second-order valence-electron chi connectivity index (χ2n) is 7.66. The van der Waals surface area contributed by atoms with Gasteiger partial charge >= 0.3 is 11.9 Å². The lowest BCUT2D eigenvalue weighted by atomic mass is 9.87. The number of hydrogen-bond donors (Lipinski definition) is 3. The minimum Gasteiger partial charge on any atom is -0.478 e. The number of aliphatic carboxylic acids is 1. The van der Waals surface area contributed by atoms with Gasteiger partial charge in [0.2, 0.25) is 0 Å². The quantitative estimate of drug-likeness (QED) is 0.510. The standard InChI is InChI=1S/C23H32N2O4.ClH/c1-6-19(13-24-14(2)12-18-10-8-7-9-11-18)29-23(28)21-15(3)20(22(26)27)16(4)25-17(21)5;/h7-11,14-15,19,24-25H,6,12-13H2,1-5H3,(H,26,27);1H. The summed E-state index contributed by atoms with van der Waals surface area (Å²) in [7, 11) is 0. The molecule has 3 atom stereocenters. The topological polar surface area (TPSA) is 87.7 Å². The molecule has 0 saturated carbocycles. The molecule has 3 N–H and O–H groups in total. The molecule has 6 nitrogen and oxygen atoms in total. The van der Waals surface area contributed by atoms with Gasteiger partial charge in [0.15, 0.2) is 0 Å². The SMILES string of the molecule is CCC(CNC(C)Cc1ccccc1)OC(=O)C1=C(C)NC(C)=C(C(=O)O)C1C.Cl. The van der Waals surface area contributed by atoms with Gasteiger partial charge in [0, 0.05) is 29.9 Å². The number of carboxylic acids is 1. The van der Waals surface area contributed by atoms with Gasteiger partial charge in [-0.25, -0.2) is 9.59 Å². The number of dihydropyridines is 1. The van der Waals surface area contributed by atoms with Crippen molar-refractivity contribution in [3.8, 4) is 0 Å². The highest BCUT2D eigenvalue weighted by Gasteiger charge is 2.33. The molecule has 30 heavy (non-hydrogen) atoms. The Bertz CT molecular complexity index is 805. The monoisotopic (exact) mass is 436 g/mol. The van der Waals surface area contributed by atoms with Crippen molar-refractivity contribution in [3.05, 3.63) is 58.4 Å². The molecular formula is C23H33ClN2O4. The van der Waals surface area contributed by atoms with Gasteiger partial charge in [0.25, 0.3) is 0 Å². The van der Waals surface area contributed by atoms with Crippen LogP contribution >= 0.6 is 12.4 Å². The zero-order valence-corrected chi connectivity index (χ0v) is 19.1. The molecule has 3 unspecified atom stereocenters. The lowest BCUT2D eigenvalue weighted by molar-refractivity contribution is -0.145. The lowest BCUT2D eigenvalue weighted by Gasteiger charge is -2.28. The number of nitrogens with one attached hydrogen (secondary N) is 2. The normalized spacial score (nSPS) is 18.2. The number of hydrogen-bond acceptors (Lipinski definition) is 5. The van der Waals surface area contributed by atoms with E-state index in [1.165, 1.54) is 5.56 Å². The first-order valence-corrected chi connectivity index (χ1v) is 10.1. The van der Waals surface area contributed by atoms with Crippen LogP contribution in [0.4, 0.5) is 0 Å². The molecule has 166 valence electrons. The maximum absolute atomic E-state index is 12.8. The van der Waals surface area contributed by atoms with Gasteiger partial charge < -0.3 is 20.5 Å². The number of halogens is 1. The van der Waals surface area contributed by atoms with Crippen LogP contribution in [0.3, 0.4) is 0 Å². The maximum atomic E-state index is 12.8. The van der Waals surface area contributed by atoms with Crippen LogP contribution < -0.4 is 10.6 Å². The van der Waals surface area contributed by atoms with Gasteiger partial charge in [-0.2, -0.15) is 0 Å². The molecule has 0 radical (unpaired) electrons. The summed E-state index contributed by atoms with van der Waals surface area (Å²) >= 11 is 0. The highest BCUT2D eigenvalue weighted by Crippen LogP contribution is 2.30. The van der Waals surface area contributed by atoms with Gasteiger partial charge in [0.1, 0.15) is 6.10 Å². The summed E-state index contributed by atoms with van der Waals surface area (Å²) in [6.07, 6.45) is 1.28. The highest BCUT2D eigenvalue weighted by atomic mass is 35.5. The third-order valence-corrected chi connectivity index (χ3v) is 5.31. The summed E-state index contributed by atoms with van der Waals surface area (Å²) in [4.78, 5) is 24.4. The van der Waals surface area contributed by atoms with E-state index in [-0.39, 0.29) is 30.1 Å². The molecule has 1 heterocycles. The minimum absolute atomic E-state index is 0. The average molecular weight is 437 g/mol. The molecule has 0 aliphatic carbocycles. The van der Waals surface area contributed by atoms with Gasteiger partial charge in [-0.1, -0.05) is 44.2 Å². The first-order chi connectivity index (χ1) is 13.7. The predicted molar refractivity (Wildman–Crippen MR) is 120 cm³/mol. The Morgan fingerprint density at radius 1 is 1.17 bits per heavy atom. The van der Waals surface area contributed by atoms with Crippen LogP contribution in [0.25, 0.3) is 0 Å². The van der Waals surface area contributed by atoms with Crippen LogP contribution in [0.2, 0.25) is 0 Å². The Kier molecular flexibility index (Phi) is 10.1.